The summed E-state index contributed by atoms with van der Waals surface area (Å²) in [5.41, 5.74) is 1.70. The maximum absolute atomic E-state index is 12.8. The van der Waals surface area contributed by atoms with Crippen LogP contribution in [-0.2, 0) is 0 Å². The van der Waals surface area contributed by atoms with Crippen LogP contribution in [0.2, 0.25) is 0 Å². The highest BCUT2D eigenvalue weighted by Gasteiger charge is 2.26. The second-order valence-corrected chi connectivity index (χ2v) is 7.53. The SMILES string of the molecule is COc1ccccc1C(CNC(=O)c1ccc(Oc2cccnc2)cc1)N1CCCC1. The molecule has 160 valence electrons. The Morgan fingerprint density at radius 1 is 1.03 bits per heavy atom. The lowest BCUT2D eigenvalue weighted by atomic mass is 10.0. The average Bonchev–Trinajstić information content (AvgIpc) is 3.35. The number of rotatable bonds is 8. The molecule has 4 rings (SSSR count). The van der Waals surface area contributed by atoms with Crippen LogP contribution in [0, 0.1) is 0 Å². The first-order valence-corrected chi connectivity index (χ1v) is 10.6. The summed E-state index contributed by atoms with van der Waals surface area (Å²) >= 11 is 0. The van der Waals surface area contributed by atoms with Crippen LogP contribution in [0.4, 0.5) is 0 Å². The number of benzene rings is 2. The van der Waals surface area contributed by atoms with Gasteiger partial charge in [-0.1, -0.05) is 18.2 Å². The molecule has 0 radical (unpaired) electrons. The number of carbonyl (C=O) groups excluding carboxylic acids is 1. The van der Waals surface area contributed by atoms with Crippen molar-refractivity contribution in [3.05, 3.63) is 84.2 Å². The molecule has 0 bridgehead atoms. The van der Waals surface area contributed by atoms with Crippen molar-refractivity contribution in [1.29, 1.82) is 0 Å². The molecule has 6 heteroatoms. The number of hydrogen-bond acceptors (Lipinski definition) is 5. The maximum atomic E-state index is 12.8. The number of nitrogens with one attached hydrogen (secondary N) is 1. The van der Waals surface area contributed by atoms with Crippen LogP contribution in [0.15, 0.2) is 73.1 Å². The van der Waals surface area contributed by atoms with E-state index in [9.17, 15) is 4.79 Å². The topological polar surface area (TPSA) is 63.7 Å². The number of methoxy groups -OCH3 is 1. The van der Waals surface area contributed by atoms with Gasteiger partial charge >= 0.3 is 0 Å². The molecule has 1 amide bonds. The number of pyridine rings is 1. The van der Waals surface area contributed by atoms with Gasteiger partial charge in [-0.15, -0.1) is 0 Å². The Balaban J connectivity index is 1.43. The third-order valence-electron chi connectivity index (χ3n) is 5.52. The zero-order valence-electron chi connectivity index (χ0n) is 17.7. The molecule has 1 N–H and O–H groups in total. The predicted molar refractivity (Wildman–Crippen MR) is 120 cm³/mol. The molecule has 6 nitrogen and oxygen atoms in total. The van der Waals surface area contributed by atoms with Gasteiger partial charge in [0.05, 0.1) is 19.3 Å². The summed E-state index contributed by atoms with van der Waals surface area (Å²) in [4.78, 5) is 19.3. The molecule has 3 aromatic rings. The van der Waals surface area contributed by atoms with Crippen molar-refractivity contribution in [2.45, 2.75) is 18.9 Å². The Kier molecular flexibility index (Phi) is 6.79. The number of aromatic nitrogens is 1. The number of likely N-dealkylation sites (tertiary alicyclic amines) is 1. The average molecular weight is 418 g/mol. The molecule has 1 aromatic heterocycles. The number of amides is 1. The van der Waals surface area contributed by atoms with Crippen molar-refractivity contribution in [2.24, 2.45) is 0 Å². The molecule has 1 fully saturated rings. The van der Waals surface area contributed by atoms with Crippen molar-refractivity contribution < 1.29 is 14.3 Å². The minimum absolute atomic E-state index is 0.0794. The smallest absolute Gasteiger partial charge is 0.251 e. The first-order chi connectivity index (χ1) is 15.2. The Labute approximate surface area is 182 Å². The largest absolute Gasteiger partial charge is 0.496 e. The highest BCUT2D eigenvalue weighted by molar-refractivity contribution is 5.94. The van der Waals surface area contributed by atoms with Crippen LogP contribution >= 0.6 is 0 Å². The van der Waals surface area contributed by atoms with Crippen molar-refractivity contribution in [1.82, 2.24) is 15.2 Å². The highest BCUT2D eigenvalue weighted by atomic mass is 16.5. The van der Waals surface area contributed by atoms with Crippen molar-refractivity contribution in [3.8, 4) is 17.2 Å². The van der Waals surface area contributed by atoms with Gasteiger partial charge in [-0.3, -0.25) is 14.7 Å². The van der Waals surface area contributed by atoms with Crippen LogP contribution in [0.1, 0.15) is 34.8 Å². The standard InChI is InChI=1S/C25H27N3O3/c1-30-24-9-3-2-8-22(24)23(28-15-4-5-16-28)18-27-25(29)19-10-12-20(13-11-19)31-21-7-6-14-26-17-21/h2-3,6-14,17,23H,4-5,15-16,18H2,1H3,(H,27,29). The summed E-state index contributed by atoms with van der Waals surface area (Å²) in [7, 11) is 1.69. The fourth-order valence-electron chi connectivity index (χ4n) is 3.94. The molecule has 0 saturated carbocycles. The summed E-state index contributed by atoms with van der Waals surface area (Å²) in [6, 6.07) is 18.9. The summed E-state index contributed by atoms with van der Waals surface area (Å²) in [5, 5.41) is 3.11. The van der Waals surface area contributed by atoms with E-state index < -0.39 is 0 Å². The maximum Gasteiger partial charge on any atom is 0.251 e. The van der Waals surface area contributed by atoms with Gasteiger partial charge in [0.2, 0.25) is 0 Å². The van der Waals surface area contributed by atoms with E-state index in [4.69, 9.17) is 9.47 Å². The van der Waals surface area contributed by atoms with Crippen LogP contribution in [-0.4, -0.2) is 42.5 Å². The van der Waals surface area contributed by atoms with E-state index in [1.807, 2.05) is 30.3 Å². The van der Waals surface area contributed by atoms with Gasteiger partial charge in [0.1, 0.15) is 17.2 Å². The Morgan fingerprint density at radius 2 is 1.81 bits per heavy atom. The van der Waals surface area contributed by atoms with E-state index in [-0.39, 0.29) is 11.9 Å². The quantitative estimate of drug-likeness (QED) is 0.587. The second-order valence-electron chi connectivity index (χ2n) is 7.53. The number of hydrogen-bond donors (Lipinski definition) is 1. The third kappa shape index (κ3) is 5.22. The summed E-state index contributed by atoms with van der Waals surface area (Å²) in [6.45, 7) is 2.57. The second kappa shape index (κ2) is 10.1. The predicted octanol–water partition coefficient (Wildman–Crippen LogP) is 4.45. The van der Waals surface area contributed by atoms with Gasteiger partial charge in [0.25, 0.3) is 5.91 Å². The fraction of sp³-hybridized carbons (Fsp3) is 0.280. The monoisotopic (exact) mass is 417 g/mol. The van der Waals surface area contributed by atoms with Gasteiger partial charge in [-0.25, -0.2) is 0 Å². The first-order valence-electron chi connectivity index (χ1n) is 10.6. The molecule has 2 aromatic carbocycles. The zero-order chi connectivity index (χ0) is 21.5. The molecule has 0 aliphatic carbocycles. The molecule has 31 heavy (non-hydrogen) atoms. The van der Waals surface area contributed by atoms with Crippen LogP contribution in [0.25, 0.3) is 0 Å². The summed E-state index contributed by atoms with van der Waals surface area (Å²) in [5.74, 6) is 2.07. The summed E-state index contributed by atoms with van der Waals surface area (Å²) in [6.07, 6.45) is 5.70. The van der Waals surface area contributed by atoms with E-state index >= 15 is 0 Å². The van der Waals surface area contributed by atoms with Crippen LogP contribution in [0.3, 0.4) is 0 Å². The Hall–Kier alpha value is -3.38. The highest BCUT2D eigenvalue weighted by Crippen LogP contribution is 2.31. The van der Waals surface area contributed by atoms with Crippen molar-refractivity contribution in [3.63, 3.8) is 0 Å². The van der Waals surface area contributed by atoms with Crippen LogP contribution in [0.5, 0.6) is 17.2 Å². The minimum atomic E-state index is -0.105. The summed E-state index contributed by atoms with van der Waals surface area (Å²) < 4.78 is 11.3. The normalized spacial score (nSPS) is 14.7. The number of carbonyl (C=O) groups is 1. The third-order valence-corrected chi connectivity index (χ3v) is 5.52. The van der Waals surface area contributed by atoms with Gasteiger partial charge in [0.15, 0.2) is 0 Å². The molecule has 0 spiro atoms. The Bertz CT molecular complexity index is 986. The lowest BCUT2D eigenvalue weighted by Crippen LogP contribution is -2.37. The molecule has 1 unspecified atom stereocenters. The molecular formula is C25H27N3O3. The van der Waals surface area contributed by atoms with E-state index in [0.29, 0.717) is 23.6 Å². The number of ether oxygens (including phenoxy) is 2. The van der Waals surface area contributed by atoms with E-state index in [2.05, 4.69) is 21.3 Å². The number of para-hydroxylation sites is 1. The molecule has 1 aliphatic rings. The fourth-order valence-corrected chi connectivity index (χ4v) is 3.94. The van der Waals surface area contributed by atoms with E-state index in [0.717, 1.165) is 24.4 Å². The van der Waals surface area contributed by atoms with E-state index in [1.54, 1.807) is 43.8 Å². The lowest BCUT2D eigenvalue weighted by Gasteiger charge is -2.29. The minimum Gasteiger partial charge on any atom is -0.496 e. The zero-order valence-corrected chi connectivity index (χ0v) is 17.7. The number of nitrogens with zero attached hydrogens (tertiary/aromatic N) is 2. The van der Waals surface area contributed by atoms with Gasteiger partial charge < -0.3 is 14.8 Å². The van der Waals surface area contributed by atoms with Crippen molar-refractivity contribution in [2.75, 3.05) is 26.7 Å². The van der Waals surface area contributed by atoms with E-state index in [1.165, 1.54) is 12.8 Å². The van der Waals surface area contributed by atoms with Crippen LogP contribution < -0.4 is 14.8 Å². The molecule has 1 aliphatic heterocycles. The molecular weight excluding hydrogens is 390 g/mol. The van der Waals surface area contributed by atoms with Crippen molar-refractivity contribution >= 4 is 5.91 Å². The van der Waals surface area contributed by atoms with Gasteiger partial charge in [-0.05, 0) is 68.4 Å². The lowest BCUT2D eigenvalue weighted by molar-refractivity contribution is 0.0937. The van der Waals surface area contributed by atoms with Gasteiger partial charge in [0, 0.05) is 23.9 Å². The molecule has 1 saturated heterocycles. The first kappa shape index (κ1) is 20.9. The Morgan fingerprint density at radius 3 is 2.52 bits per heavy atom. The molecule has 1 atom stereocenters. The molecule has 2 heterocycles. The van der Waals surface area contributed by atoms with Gasteiger partial charge in [-0.2, -0.15) is 0 Å².